The third kappa shape index (κ3) is 3.89. The van der Waals surface area contributed by atoms with E-state index in [1.165, 1.54) is 12.1 Å². The molecule has 1 rings (SSSR count). The van der Waals surface area contributed by atoms with Crippen LogP contribution in [0.15, 0.2) is 18.2 Å². The van der Waals surface area contributed by atoms with Gasteiger partial charge in [-0.05, 0) is 19.1 Å². The number of hydrogen-bond acceptors (Lipinski definition) is 3. The maximum Gasteiger partial charge on any atom is 0.310 e. The van der Waals surface area contributed by atoms with E-state index in [1.54, 1.807) is 19.9 Å². The lowest BCUT2D eigenvalue weighted by Gasteiger charge is -2.13. The van der Waals surface area contributed by atoms with Gasteiger partial charge in [0, 0.05) is 6.54 Å². The summed E-state index contributed by atoms with van der Waals surface area (Å²) in [5.74, 6) is -1.10. The molecule has 1 aromatic carbocycles. The molecule has 0 fully saturated rings. The highest BCUT2D eigenvalue weighted by molar-refractivity contribution is 6.33. The second-order valence-corrected chi connectivity index (χ2v) is 4.04. The average Bonchev–Trinajstić information content (AvgIpc) is 2.28. The first-order chi connectivity index (χ1) is 8.06. The van der Waals surface area contributed by atoms with Gasteiger partial charge in [-0.3, -0.25) is 4.79 Å². The van der Waals surface area contributed by atoms with Crippen LogP contribution < -0.4 is 5.32 Å². The van der Waals surface area contributed by atoms with Gasteiger partial charge >= 0.3 is 5.97 Å². The van der Waals surface area contributed by atoms with Crippen LogP contribution in [-0.4, -0.2) is 19.1 Å². The van der Waals surface area contributed by atoms with Crippen LogP contribution in [0, 0.1) is 11.7 Å². The third-order valence-electron chi connectivity index (χ3n) is 2.24. The molecule has 1 unspecified atom stereocenters. The Labute approximate surface area is 105 Å². The number of esters is 1. The van der Waals surface area contributed by atoms with Crippen molar-refractivity contribution in [3.05, 3.63) is 29.0 Å². The molecule has 94 valence electrons. The van der Waals surface area contributed by atoms with Crippen molar-refractivity contribution in [1.82, 2.24) is 0 Å². The lowest BCUT2D eigenvalue weighted by Crippen LogP contribution is -2.23. The summed E-state index contributed by atoms with van der Waals surface area (Å²) in [5, 5.41) is 3.11. The zero-order valence-electron chi connectivity index (χ0n) is 9.80. The van der Waals surface area contributed by atoms with Gasteiger partial charge in [0.1, 0.15) is 5.82 Å². The van der Waals surface area contributed by atoms with Crippen molar-refractivity contribution >= 4 is 23.3 Å². The Hall–Kier alpha value is -1.29. The van der Waals surface area contributed by atoms with E-state index >= 15 is 0 Å². The molecule has 1 atom stereocenters. The van der Waals surface area contributed by atoms with E-state index in [2.05, 4.69) is 5.32 Å². The SMILES string of the molecule is CCOC(=O)C(C)CNc1c(F)cccc1Cl. The first-order valence-electron chi connectivity index (χ1n) is 5.40. The highest BCUT2D eigenvalue weighted by atomic mass is 35.5. The predicted molar refractivity (Wildman–Crippen MR) is 65.7 cm³/mol. The Balaban J connectivity index is 2.58. The topological polar surface area (TPSA) is 38.3 Å². The van der Waals surface area contributed by atoms with E-state index in [-0.39, 0.29) is 24.1 Å². The molecule has 0 radical (unpaired) electrons. The summed E-state index contributed by atoms with van der Waals surface area (Å²) in [6, 6.07) is 4.42. The Morgan fingerprint density at radius 1 is 1.59 bits per heavy atom. The second-order valence-electron chi connectivity index (χ2n) is 3.63. The zero-order valence-corrected chi connectivity index (χ0v) is 10.6. The fraction of sp³-hybridized carbons (Fsp3) is 0.417. The third-order valence-corrected chi connectivity index (χ3v) is 2.55. The monoisotopic (exact) mass is 259 g/mol. The summed E-state index contributed by atoms with van der Waals surface area (Å²) < 4.78 is 18.2. The van der Waals surface area contributed by atoms with Crippen LogP contribution in [0.5, 0.6) is 0 Å². The molecule has 1 aromatic rings. The molecule has 1 N–H and O–H groups in total. The molecule has 0 aliphatic rings. The number of anilines is 1. The fourth-order valence-corrected chi connectivity index (χ4v) is 1.52. The van der Waals surface area contributed by atoms with Crippen LogP contribution in [0.1, 0.15) is 13.8 Å². The summed E-state index contributed by atoms with van der Waals surface area (Å²) in [7, 11) is 0. The van der Waals surface area contributed by atoms with Gasteiger partial charge in [0.05, 0.1) is 23.2 Å². The number of nitrogens with one attached hydrogen (secondary N) is 1. The summed E-state index contributed by atoms with van der Waals surface area (Å²) in [4.78, 5) is 11.3. The van der Waals surface area contributed by atoms with Crippen LogP contribution in [0.3, 0.4) is 0 Å². The quantitative estimate of drug-likeness (QED) is 0.826. The fourth-order valence-electron chi connectivity index (χ4n) is 1.29. The van der Waals surface area contributed by atoms with Gasteiger partial charge in [0.15, 0.2) is 0 Å². The van der Waals surface area contributed by atoms with E-state index in [0.717, 1.165) is 0 Å². The van der Waals surface area contributed by atoms with Crippen molar-refractivity contribution in [3.63, 3.8) is 0 Å². The molecule has 0 amide bonds. The molecule has 0 aliphatic carbocycles. The molecular weight excluding hydrogens is 245 g/mol. The average molecular weight is 260 g/mol. The van der Waals surface area contributed by atoms with Gasteiger partial charge in [-0.1, -0.05) is 24.6 Å². The minimum atomic E-state index is -0.437. The summed E-state index contributed by atoms with van der Waals surface area (Å²) >= 11 is 5.84. The molecule has 0 saturated carbocycles. The largest absolute Gasteiger partial charge is 0.466 e. The lowest BCUT2D eigenvalue weighted by atomic mass is 10.2. The predicted octanol–water partition coefficient (Wildman–Crippen LogP) is 3.09. The van der Waals surface area contributed by atoms with E-state index in [4.69, 9.17) is 16.3 Å². The van der Waals surface area contributed by atoms with Crippen molar-refractivity contribution in [2.45, 2.75) is 13.8 Å². The van der Waals surface area contributed by atoms with Crippen LogP contribution in [0.25, 0.3) is 0 Å². The van der Waals surface area contributed by atoms with Gasteiger partial charge in [-0.25, -0.2) is 4.39 Å². The highest BCUT2D eigenvalue weighted by Crippen LogP contribution is 2.24. The number of para-hydroxylation sites is 1. The number of halogens is 2. The minimum absolute atomic E-state index is 0.213. The molecule has 0 heterocycles. The second kappa shape index (κ2) is 6.45. The van der Waals surface area contributed by atoms with Crippen molar-refractivity contribution < 1.29 is 13.9 Å². The molecule has 0 aliphatic heterocycles. The number of hydrogen-bond donors (Lipinski definition) is 1. The Morgan fingerprint density at radius 2 is 2.29 bits per heavy atom. The summed E-state index contributed by atoms with van der Waals surface area (Å²) in [6.07, 6.45) is 0. The number of carbonyl (C=O) groups excluding carboxylic acids is 1. The maximum absolute atomic E-state index is 13.4. The molecule has 0 bridgehead atoms. The first-order valence-corrected chi connectivity index (χ1v) is 5.78. The minimum Gasteiger partial charge on any atom is -0.466 e. The van der Waals surface area contributed by atoms with Gasteiger partial charge in [-0.2, -0.15) is 0 Å². The number of rotatable bonds is 5. The highest BCUT2D eigenvalue weighted by Gasteiger charge is 2.15. The smallest absolute Gasteiger partial charge is 0.310 e. The van der Waals surface area contributed by atoms with Crippen LogP contribution in [-0.2, 0) is 9.53 Å². The molecular formula is C12H15ClFNO2. The van der Waals surface area contributed by atoms with Crippen LogP contribution in [0.2, 0.25) is 5.02 Å². The molecule has 3 nitrogen and oxygen atoms in total. The van der Waals surface area contributed by atoms with Crippen molar-refractivity contribution in [2.75, 3.05) is 18.5 Å². The summed E-state index contributed by atoms with van der Waals surface area (Å²) in [5.41, 5.74) is 0.213. The van der Waals surface area contributed by atoms with Crippen LogP contribution >= 0.6 is 11.6 Å². The van der Waals surface area contributed by atoms with Crippen LogP contribution in [0.4, 0.5) is 10.1 Å². The van der Waals surface area contributed by atoms with Gasteiger partial charge in [-0.15, -0.1) is 0 Å². The van der Waals surface area contributed by atoms with E-state index in [0.29, 0.717) is 11.6 Å². The Kier molecular flexibility index (Phi) is 5.22. The van der Waals surface area contributed by atoms with Gasteiger partial charge in [0.25, 0.3) is 0 Å². The lowest BCUT2D eigenvalue weighted by molar-refractivity contribution is -0.146. The Morgan fingerprint density at radius 3 is 2.88 bits per heavy atom. The number of benzene rings is 1. The van der Waals surface area contributed by atoms with Crippen molar-refractivity contribution in [2.24, 2.45) is 5.92 Å². The standard InChI is InChI=1S/C12H15ClFNO2/c1-3-17-12(16)8(2)7-15-11-9(13)5-4-6-10(11)14/h4-6,8,15H,3,7H2,1-2H3. The zero-order chi connectivity index (χ0) is 12.8. The normalized spacial score (nSPS) is 12.0. The molecule has 5 heteroatoms. The van der Waals surface area contributed by atoms with Crippen molar-refractivity contribution in [3.8, 4) is 0 Å². The maximum atomic E-state index is 13.4. The number of carbonyl (C=O) groups is 1. The first kappa shape index (κ1) is 13.8. The summed E-state index contributed by atoms with van der Waals surface area (Å²) in [6.45, 7) is 4.06. The van der Waals surface area contributed by atoms with Gasteiger partial charge in [0.2, 0.25) is 0 Å². The molecule has 0 aromatic heterocycles. The molecule has 0 saturated heterocycles. The Bertz CT molecular complexity index is 378. The van der Waals surface area contributed by atoms with E-state index < -0.39 is 5.82 Å². The molecule has 17 heavy (non-hydrogen) atoms. The molecule has 0 spiro atoms. The van der Waals surface area contributed by atoms with E-state index in [1.807, 2.05) is 0 Å². The van der Waals surface area contributed by atoms with E-state index in [9.17, 15) is 9.18 Å². The number of ether oxygens (including phenoxy) is 1. The van der Waals surface area contributed by atoms with Crippen molar-refractivity contribution in [1.29, 1.82) is 0 Å². The van der Waals surface area contributed by atoms with Gasteiger partial charge < -0.3 is 10.1 Å².